The molecule has 0 aliphatic rings. The molecule has 0 N–H and O–H groups in total. The quantitative estimate of drug-likeness (QED) is 0.672. The molecule has 14 heavy (non-hydrogen) atoms. The van der Waals surface area contributed by atoms with E-state index in [0.717, 1.165) is 17.1 Å². The molecule has 0 spiro atoms. The highest BCUT2D eigenvalue weighted by Crippen LogP contribution is 2.25. The normalized spacial score (nSPS) is 10.1. The van der Waals surface area contributed by atoms with Gasteiger partial charge in [-0.2, -0.15) is 0 Å². The van der Waals surface area contributed by atoms with Gasteiger partial charge in [0.15, 0.2) is 6.29 Å². The summed E-state index contributed by atoms with van der Waals surface area (Å²) in [5, 5.41) is 1.87. The second-order valence-electron chi connectivity index (χ2n) is 2.96. The van der Waals surface area contributed by atoms with Gasteiger partial charge in [0.25, 0.3) is 0 Å². The molecule has 0 unspecified atom stereocenters. The third kappa shape index (κ3) is 1.35. The van der Waals surface area contributed by atoms with Crippen molar-refractivity contribution in [3.63, 3.8) is 0 Å². The Kier molecular flexibility index (Phi) is 2.19. The zero-order valence-electron chi connectivity index (χ0n) is 7.78. The number of ether oxygens (including phenoxy) is 1. The van der Waals surface area contributed by atoms with E-state index in [2.05, 4.69) is 6.07 Å². The first-order valence-corrected chi connectivity index (χ1v) is 4.29. The summed E-state index contributed by atoms with van der Waals surface area (Å²) < 4.78 is 5.19. The second kappa shape index (κ2) is 3.50. The Morgan fingerprint density at radius 3 is 2.86 bits per heavy atom. The minimum Gasteiger partial charge on any atom is -0.496 e. The van der Waals surface area contributed by atoms with Crippen molar-refractivity contribution in [2.75, 3.05) is 7.11 Å². The molecule has 0 saturated carbocycles. The van der Waals surface area contributed by atoms with E-state index in [4.69, 9.17) is 4.74 Å². The number of carbonyl (C=O) groups is 1. The highest BCUT2D eigenvalue weighted by Gasteiger charge is 2.03. The van der Waals surface area contributed by atoms with Crippen LogP contribution in [0.2, 0.25) is 0 Å². The number of fused-ring (bicyclic) bond motifs is 1. The lowest BCUT2D eigenvalue weighted by molar-refractivity contribution is 0.112. The van der Waals surface area contributed by atoms with Gasteiger partial charge in [-0.15, -0.1) is 0 Å². The number of hydrogen-bond donors (Lipinski definition) is 0. The van der Waals surface area contributed by atoms with Crippen molar-refractivity contribution < 1.29 is 9.53 Å². The molecule has 69 valence electrons. The lowest BCUT2D eigenvalue weighted by Crippen LogP contribution is -1.88. The van der Waals surface area contributed by atoms with Crippen LogP contribution in [0, 0.1) is 6.07 Å². The predicted octanol–water partition coefficient (Wildman–Crippen LogP) is 2.46. The highest BCUT2D eigenvalue weighted by molar-refractivity contribution is 5.92. The maximum atomic E-state index is 10.6. The Morgan fingerprint density at radius 2 is 2.14 bits per heavy atom. The summed E-state index contributed by atoms with van der Waals surface area (Å²) in [7, 11) is 1.59. The third-order valence-corrected chi connectivity index (χ3v) is 2.11. The molecule has 0 bridgehead atoms. The lowest BCUT2D eigenvalue weighted by Gasteiger charge is -2.05. The minimum absolute atomic E-state index is 0.514. The van der Waals surface area contributed by atoms with Crippen molar-refractivity contribution in [3.05, 3.63) is 42.0 Å². The van der Waals surface area contributed by atoms with Crippen LogP contribution in [0.25, 0.3) is 10.8 Å². The summed E-state index contributed by atoms with van der Waals surface area (Å²) in [6.07, 6.45) is 0.773. The van der Waals surface area contributed by atoms with Crippen LogP contribution >= 0.6 is 0 Å². The van der Waals surface area contributed by atoms with Gasteiger partial charge in [0.1, 0.15) is 5.75 Å². The number of benzene rings is 2. The molecule has 0 fully saturated rings. The molecule has 0 aromatic heterocycles. The first kappa shape index (κ1) is 8.75. The number of methoxy groups -OCH3 is 1. The molecule has 1 radical (unpaired) electrons. The van der Waals surface area contributed by atoms with Crippen LogP contribution in [0.15, 0.2) is 30.3 Å². The third-order valence-electron chi connectivity index (χ3n) is 2.11. The summed E-state index contributed by atoms with van der Waals surface area (Å²) >= 11 is 0. The minimum atomic E-state index is 0.514. The van der Waals surface area contributed by atoms with Gasteiger partial charge in [-0.1, -0.05) is 24.3 Å². The first-order chi connectivity index (χ1) is 6.85. The topological polar surface area (TPSA) is 26.3 Å². The molecule has 0 heterocycles. The zero-order chi connectivity index (χ0) is 9.97. The van der Waals surface area contributed by atoms with Crippen molar-refractivity contribution in [3.8, 4) is 5.75 Å². The Hall–Kier alpha value is -1.83. The largest absolute Gasteiger partial charge is 0.496 e. The van der Waals surface area contributed by atoms with Gasteiger partial charge in [-0.05, 0) is 11.5 Å². The average molecular weight is 185 g/mol. The van der Waals surface area contributed by atoms with Crippen LogP contribution in [0.4, 0.5) is 0 Å². The monoisotopic (exact) mass is 185 g/mol. The van der Waals surface area contributed by atoms with E-state index in [1.54, 1.807) is 13.2 Å². The molecular formula is C12H9O2. The zero-order valence-corrected chi connectivity index (χ0v) is 7.78. The Labute approximate surface area is 82.1 Å². The maximum absolute atomic E-state index is 10.6. The molecule has 2 heteroatoms. The van der Waals surface area contributed by atoms with E-state index in [1.165, 1.54) is 0 Å². The summed E-state index contributed by atoms with van der Waals surface area (Å²) in [5.41, 5.74) is 0.514. The van der Waals surface area contributed by atoms with E-state index in [9.17, 15) is 4.79 Å². The standard InChI is InChI=1S/C12H9O2/c1-14-12-7-9(8-13)6-10-4-2-3-5-11(10)12/h2-5,7-8H,1H3. The molecule has 2 aromatic carbocycles. The van der Waals surface area contributed by atoms with E-state index < -0.39 is 0 Å². The number of aldehydes is 1. The van der Waals surface area contributed by atoms with E-state index in [0.29, 0.717) is 11.3 Å². The van der Waals surface area contributed by atoms with Gasteiger partial charge in [-0.25, -0.2) is 0 Å². The van der Waals surface area contributed by atoms with Gasteiger partial charge >= 0.3 is 0 Å². The Morgan fingerprint density at radius 1 is 1.36 bits per heavy atom. The van der Waals surface area contributed by atoms with E-state index in [1.807, 2.05) is 24.3 Å². The van der Waals surface area contributed by atoms with Crippen LogP contribution in [0.3, 0.4) is 0 Å². The van der Waals surface area contributed by atoms with Gasteiger partial charge < -0.3 is 4.74 Å². The number of rotatable bonds is 2. The summed E-state index contributed by atoms with van der Waals surface area (Å²) in [6, 6.07) is 12.4. The van der Waals surface area contributed by atoms with Gasteiger partial charge in [0.2, 0.25) is 0 Å². The van der Waals surface area contributed by atoms with Crippen LogP contribution in [0.1, 0.15) is 10.4 Å². The maximum Gasteiger partial charge on any atom is 0.150 e. The van der Waals surface area contributed by atoms with Gasteiger partial charge in [0, 0.05) is 17.0 Å². The molecule has 2 aromatic rings. The molecule has 2 rings (SSSR count). The molecule has 0 atom stereocenters. The highest BCUT2D eigenvalue weighted by atomic mass is 16.5. The predicted molar refractivity (Wildman–Crippen MR) is 54.7 cm³/mol. The smallest absolute Gasteiger partial charge is 0.150 e. The van der Waals surface area contributed by atoms with E-state index in [-0.39, 0.29) is 0 Å². The molecule has 0 amide bonds. The lowest BCUT2D eigenvalue weighted by atomic mass is 10.1. The van der Waals surface area contributed by atoms with Crippen LogP contribution < -0.4 is 4.74 Å². The van der Waals surface area contributed by atoms with Crippen LogP contribution in [-0.2, 0) is 0 Å². The molecular weight excluding hydrogens is 176 g/mol. The van der Waals surface area contributed by atoms with Crippen LogP contribution in [-0.4, -0.2) is 13.4 Å². The number of hydrogen-bond acceptors (Lipinski definition) is 2. The Bertz CT molecular complexity index is 475. The number of carbonyl (C=O) groups excluding carboxylic acids is 1. The fourth-order valence-electron chi connectivity index (χ4n) is 1.45. The van der Waals surface area contributed by atoms with Crippen molar-refractivity contribution >= 4 is 17.1 Å². The SMILES string of the molecule is COc1cc(C=O)[c]c2ccccc12. The summed E-state index contributed by atoms with van der Waals surface area (Å²) in [5.74, 6) is 0.710. The molecule has 0 aliphatic heterocycles. The van der Waals surface area contributed by atoms with Crippen molar-refractivity contribution in [1.82, 2.24) is 0 Å². The van der Waals surface area contributed by atoms with Crippen molar-refractivity contribution in [1.29, 1.82) is 0 Å². The van der Waals surface area contributed by atoms with Gasteiger partial charge in [0.05, 0.1) is 7.11 Å². The van der Waals surface area contributed by atoms with Crippen molar-refractivity contribution in [2.24, 2.45) is 0 Å². The fourth-order valence-corrected chi connectivity index (χ4v) is 1.45. The first-order valence-electron chi connectivity index (χ1n) is 4.29. The molecule has 0 saturated heterocycles. The summed E-state index contributed by atoms with van der Waals surface area (Å²) in [6.45, 7) is 0. The van der Waals surface area contributed by atoms with Gasteiger partial charge in [-0.3, -0.25) is 4.79 Å². The van der Waals surface area contributed by atoms with Crippen molar-refractivity contribution in [2.45, 2.75) is 0 Å². The van der Waals surface area contributed by atoms with Crippen LogP contribution in [0.5, 0.6) is 5.75 Å². The average Bonchev–Trinajstić information content (AvgIpc) is 2.27. The summed E-state index contributed by atoms with van der Waals surface area (Å²) in [4.78, 5) is 10.6. The molecule has 0 aliphatic carbocycles. The second-order valence-corrected chi connectivity index (χ2v) is 2.96. The fraction of sp³-hybridized carbons (Fsp3) is 0.0833. The Balaban J connectivity index is 2.79. The molecule has 2 nitrogen and oxygen atoms in total. The van der Waals surface area contributed by atoms with E-state index >= 15 is 0 Å².